The summed E-state index contributed by atoms with van der Waals surface area (Å²) < 4.78 is 5.76. The average molecular weight is 283 g/mol. The van der Waals surface area contributed by atoms with E-state index in [9.17, 15) is 0 Å². The molecular weight excluding hydrogens is 262 g/mol. The molecule has 0 saturated carbocycles. The van der Waals surface area contributed by atoms with Crippen molar-refractivity contribution in [3.8, 4) is 5.75 Å². The molecule has 0 fully saturated rings. The van der Waals surface area contributed by atoms with Gasteiger partial charge in [-0.2, -0.15) is 0 Å². The van der Waals surface area contributed by atoms with Gasteiger partial charge in [0, 0.05) is 6.20 Å². The van der Waals surface area contributed by atoms with E-state index in [0.717, 1.165) is 17.7 Å². The van der Waals surface area contributed by atoms with E-state index in [1.54, 1.807) is 12.3 Å². The van der Waals surface area contributed by atoms with Crippen molar-refractivity contribution in [3.63, 3.8) is 0 Å². The molecule has 4 nitrogen and oxygen atoms in total. The van der Waals surface area contributed by atoms with Crippen LogP contribution >= 0.6 is 0 Å². The fraction of sp³-hybridized carbons (Fsp3) is 0.294. The number of nitrogens with one attached hydrogen (secondary N) is 1. The Kier molecular flexibility index (Phi) is 4.93. The van der Waals surface area contributed by atoms with Gasteiger partial charge in [0.2, 0.25) is 0 Å². The standard InChI is InChI=1S/C17H21N3O/c1-3-12(2)14-4-6-15(7-5-14)21-11-13-8-9-20-16(10-13)17(18)19/h4-10,12H,3,11H2,1-2H3,(H3,18,19). The number of hydrogen-bond acceptors (Lipinski definition) is 3. The minimum Gasteiger partial charge on any atom is -0.489 e. The first kappa shape index (κ1) is 15.0. The summed E-state index contributed by atoms with van der Waals surface area (Å²) >= 11 is 0. The Labute approximate surface area is 125 Å². The molecule has 0 aliphatic rings. The Morgan fingerprint density at radius 3 is 2.62 bits per heavy atom. The molecule has 21 heavy (non-hydrogen) atoms. The number of ether oxygens (including phenoxy) is 1. The van der Waals surface area contributed by atoms with Crippen molar-refractivity contribution in [2.75, 3.05) is 0 Å². The second-order valence-corrected chi connectivity index (χ2v) is 5.13. The van der Waals surface area contributed by atoms with Crippen LogP contribution in [0.4, 0.5) is 0 Å². The van der Waals surface area contributed by atoms with Crippen LogP contribution in [0.3, 0.4) is 0 Å². The normalized spacial score (nSPS) is 11.9. The summed E-state index contributed by atoms with van der Waals surface area (Å²) in [6.07, 6.45) is 2.77. The molecule has 3 N–H and O–H groups in total. The van der Waals surface area contributed by atoms with Crippen molar-refractivity contribution in [2.45, 2.75) is 32.8 Å². The van der Waals surface area contributed by atoms with Gasteiger partial charge in [0.25, 0.3) is 0 Å². The van der Waals surface area contributed by atoms with Gasteiger partial charge in [-0.15, -0.1) is 0 Å². The highest BCUT2D eigenvalue weighted by molar-refractivity contribution is 5.93. The van der Waals surface area contributed by atoms with Gasteiger partial charge in [-0.25, -0.2) is 0 Å². The van der Waals surface area contributed by atoms with Crippen LogP contribution in [-0.4, -0.2) is 10.8 Å². The van der Waals surface area contributed by atoms with Crippen molar-refractivity contribution in [3.05, 3.63) is 59.4 Å². The van der Waals surface area contributed by atoms with Crippen LogP contribution < -0.4 is 10.5 Å². The zero-order chi connectivity index (χ0) is 15.2. The summed E-state index contributed by atoms with van der Waals surface area (Å²) in [6, 6.07) is 11.8. The molecule has 0 aliphatic heterocycles. The van der Waals surface area contributed by atoms with E-state index < -0.39 is 0 Å². The second-order valence-electron chi connectivity index (χ2n) is 5.13. The van der Waals surface area contributed by atoms with Crippen molar-refractivity contribution < 1.29 is 4.74 Å². The van der Waals surface area contributed by atoms with Crippen LogP contribution in [0.25, 0.3) is 0 Å². The lowest BCUT2D eigenvalue weighted by Gasteiger charge is -2.11. The minimum atomic E-state index is -0.0326. The topological polar surface area (TPSA) is 72.0 Å². The molecular formula is C17H21N3O. The Morgan fingerprint density at radius 2 is 2.00 bits per heavy atom. The third-order valence-corrected chi connectivity index (χ3v) is 3.57. The molecule has 1 aromatic carbocycles. The smallest absolute Gasteiger partial charge is 0.141 e. The summed E-state index contributed by atoms with van der Waals surface area (Å²) in [5, 5.41) is 7.38. The summed E-state index contributed by atoms with van der Waals surface area (Å²) in [4.78, 5) is 4.03. The number of nitrogens with zero attached hydrogens (tertiary/aromatic N) is 1. The van der Waals surface area contributed by atoms with E-state index in [-0.39, 0.29) is 5.84 Å². The number of amidine groups is 1. The van der Waals surface area contributed by atoms with E-state index in [0.29, 0.717) is 18.2 Å². The highest BCUT2D eigenvalue weighted by Crippen LogP contribution is 2.22. The fourth-order valence-electron chi connectivity index (χ4n) is 2.01. The molecule has 0 aliphatic carbocycles. The largest absolute Gasteiger partial charge is 0.489 e. The molecule has 110 valence electrons. The van der Waals surface area contributed by atoms with Crippen LogP contribution in [-0.2, 0) is 6.61 Å². The van der Waals surface area contributed by atoms with Crippen molar-refractivity contribution in [2.24, 2.45) is 5.73 Å². The lowest BCUT2D eigenvalue weighted by Crippen LogP contribution is -2.13. The minimum absolute atomic E-state index is 0.0326. The maximum atomic E-state index is 7.38. The molecule has 1 aromatic heterocycles. The molecule has 2 rings (SSSR count). The molecule has 2 aromatic rings. The Morgan fingerprint density at radius 1 is 1.29 bits per heavy atom. The first-order valence-corrected chi connectivity index (χ1v) is 7.12. The van der Waals surface area contributed by atoms with E-state index in [1.807, 2.05) is 18.2 Å². The van der Waals surface area contributed by atoms with Crippen LogP contribution in [0.5, 0.6) is 5.75 Å². The van der Waals surface area contributed by atoms with Crippen LogP contribution in [0.1, 0.15) is 43.0 Å². The van der Waals surface area contributed by atoms with Gasteiger partial charge in [-0.05, 0) is 47.7 Å². The number of rotatable bonds is 6. The summed E-state index contributed by atoms with van der Waals surface area (Å²) in [5.74, 6) is 1.37. The van der Waals surface area contributed by atoms with Gasteiger partial charge in [-0.1, -0.05) is 26.0 Å². The van der Waals surface area contributed by atoms with Gasteiger partial charge < -0.3 is 10.5 Å². The van der Waals surface area contributed by atoms with Crippen molar-refractivity contribution in [1.82, 2.24) is 4.98 Å². The molecule has 1 heterocycles. The van der Waals surface area contributed by atoms with Crippen molar-refractivity contribution in [1.29, 1.82) is 5.41 Å². The summed E-state index contributed by atoms with van der Waals surface area (Å²) in [5.41, 5.74) is 8.18. The van der Waals surface area contributed by atoms with Gasteiger partial charge in [-0.3, -0.25) is 10.4 Å². The molecule has 0 radical (unpaired) electrons. The number of aromatic nitrogens is 1. The molecule has 0 amide bonds. The molecule has 1 atom stereocenters. The SMILES string of the molecule is CCC(C)c1ccc(OCc2ccnc(C(=N)N)c2)cc1. The van der Waals surface area contributed by atoms with Gasteiger partial charge in [0.15, 0.2) is 0 Å². The molecule has 0 spiro atoms. The van der Waals surface area contributed by atoms with Gasteiger partial charge in [0.05, 0.1) is 0 Å². The summed E-state index contributed by atoms with van der Waals surface area (Å²) in [6.45, 7) is 4.84. The Bertz CT molecular complexity index is 608. The van der Waals surface area contributed by atoms with E-state index in [4.69, 9.17) is 15.9 Å². The average Bonchev–Trinajstić information content (AvgIpc) is 2.53. The Balaban J connectivity index is 1.99. The predicted molar refractivity (Wildman–Crippen MR) is 84.7 cm³/mol. The number of nitrogens with two attached hydrogens (primary N) is 1. The maximum Gasteiger partial charge on any atom is 0.141 e. The lowest BCUT2D eigenvalue weighted by atomic mass is 9.99. The first-order chi connectivity index (χ1) is 10.1. The zero-order valence-electron chi connectivity index (χ0n) is 12.5. The van der Waals surface area contributed by atoms with Crippen LogP contribution in [0.2, 0.25) is 0 Å². The van der Waals surface area contributed by atoms with Gasteiger partial charge in [0.1, 0.15) is 23.9 Å². The van der Waals surface area contributed by atoms with E-state index in [1.165, 1.54) is 5.56 Å². The maximum absolute atomic E-state index is 7.38. The highest BCUT2D eigenvalue weighted by atomic mass is 16.5. The van der Waals surface area contributed by atoms with E-state index >= 15 is 0 Å². The number of nitrogen functional groups attached to an aromatic ring is 1. The van der Waals surface area contributed by atoms with Crippen molar-refractivity contribution >= 4 is 5.84 Å². The number of benzene rings is 1. The highest BCUT2D eigenvalue weighted by Gasteiger charge is 2.04. The van der Waals surface area contributed by atoms with Crippen LogP contribution in [0, 0.1) is 5.41 Å². The lowest BCUT2D eigenvalue weighted by molar-refractivity contribution is 0.306. The number of hydrogen-bond donors (Lipinski definition) is 2. The third-order valence-electron chi connectivity index (χ3n) is 3.57. The summed E-state index contributed by atoms with van der Waals surface area (Å²) in [7, 11) is 0. The molecule has 1 unspecified atom stereocenters. The molecule has 0 saturated heterocycles. The molecule has 0 bridgehead atoms. The monoisotopic (exact) mass is 283 g/mol. The van der Waals surface area contributed by atoms with Crippen LogP contribution in [0.15, 0.2) is 42.6 Å². The third kappa shape index (κ3) is 4.05. The van der Waals surface area contributed by atoms with Gasteiger partial charge >= 0.3 is 0 Å². The van der Waals surface area contributed by atoms with E-state index in [2.05, 4.69) is 31.0 Å². The second kappa shape index (κ2) is 6.88. The predicted octanol–water partition coefficient (Wildman–Crippen LogP) is 3.46. The molecule has 4 heteroatoms. The quantitative estimate of drug-likeness (QED) is 0.630. The fourth-order valence-corrected chi connectivity index (χ4v) is 2.01. The first-order valence-electron chi connectivity index (χ1n) is 7.12. The zero-order valence-corrected chi connectivity index (χ0v) is 12.5. The number of pyridine rings is 1. The Hall–Kier alpha value is -2.36.